The van der Waals surface area contributed by atoms with Gasteiger partial charge >= 0.3 is 0 Å². The van der Waals surface area contributed by atoms with Crippen LogP contribution in [0.25, 0.3) is 0 Å². The fraction of sp³-hybridized carbons (Fsp3) is 0.600. The first kappa shape index (κ1) is 10.4. The zero-order valence-electron chi connectivity index (χ0n) is 8.96. The number of nitrogens with zero attached hydrogens (tertiary/aromatic N) is 1. The SMILES string of the molecule is Cc1nc(NC2CCCNC2=O)sc1C. The molecule has 1 unspecified atom stereocenters. The third-order valence-corrected chi connectivity index (χ3v) is 3.62. The molecular weight excluding hydrogens is 210 g/mol. The van der Waals surface area contributed by atoms with Gasteiger partial charge in [0.25, 0.3) is 0 Å². The molecule has 1 amide bonds. The van der Waals surface area contributed by atoms with Gasteiger partial charge in [-0.15, -0.1) is 11.3 Å². The summed E-state index contributed by atoms with van der Waals surface area (Å²) in [7, 11) is 0. The van der Waals surface area contributed by atoms with Crippen molar-refractivity contribution >= 4 is 22.4 Å². The molecular formula is C10H15N3OS. The van der Waals surface area contributed by atoms with Crippen LogP contribution in [-0.4, -0.2) is 23.5 Å². The number of carbonyl (C=O) groups excluding carboxylic acids is 1. The Morgan fingerprint density at radius 2 is 2.33 bits per heavy atom. The van der Waals surface area contributed by atoms with Crippen LogP contribution in [0.2, 0.25) is 0 Å². The molecule has 0 spiro atoms. The van der Waals surface area contributed by atoms with E-state index in [-0.39, 0.29) is 11.9 Å². The molecule has 0 bridgehead atoms. The maximum Gasteiger partial charge on any atom is 0.242 e. The average molecular weight is 225 g/mol. The second kappa shape index (κ2) is 4.18. The third-order valence-electron chi connectivity index (χ3n) is 2.61. The number of thiazole rings is 1. The highest BCUT2D eigenvalue weighted by Gasteiger charge is 2.22. The van der Waals surface area contributed by atoms with Gasteiger partial charge in [-0.2, -0.15) is 0 Å². The summed E-state index contributed by atoms with van der Waals surface area (Å²) in [5.41, 5.74) is 1.04. The quantitative estimate of drug-likeness (QED) is 0.801. The van der Waals surface area contributed by atoms with Crippen LogP contribution in [0, 0.1) is 13.8 Å². The lowest BCUT2D eigenvalue weighted by molar-refractivity contribution is -0.123. The van der Waals surface area contributed by atoms with Crippen LogP contribution in [0.15, 0.2) is 0 Å². The number of aryl methyl sites for hydroxylation is 2. The lowest BCUT2D eigenvalue weighted by Gasteiger charge is -2.22. The Morgan fingerprint density at radius 1 is 1.53 bits per heavy atom. The molecule has 1 saturated heterocycles. The van der Waals surface area contributed by atoms with E-state index in [1.807, 2.05) is 13.8 Å². The topological polar surface area (TPSA) is 54.0 Å². The number of amides is 1. The molecule has 1 aromatic rings. The van der Waals surface area contributed by atoms with Crippen molar-refractivity contribution in [3.05, 3.63) is 10.6 Å². The summed E-state index contributed by atoms with van der Waals surface area (Å²) in [6, 6.07) is -0.108. The van der Waals surface area contributed by atoms with Gasteiger partial charge in [-0.25, -0.2) is 4.98 Å². The summed E-state index contributed by atoms with van der Waals surface area (Å²) < 4.78 is 0. The molecule has 5 heteroatoms. The van der Waals surface area contributed by atoms with Crippen LogP contribution >= 0.6 is 11.3 Å². The van der Waals surface area contributed by atoms with E-state index in [2.05, 4.69) is 15.6 Å². The van der Waals surface area contributed by atoms with Gasteiger partial charge in [0.05, 0.1) is 5.69 Å². The van der Waals surface area contributed by atoms with Crippen molar-refractivity contribution in [2.24, 2.45) is 0 Å². The minimum atomic E-state index is -0.108. The first-order valence-electron chi connectivity index (χ1n) is 5.15. The van der Waals surface area contributed by atoms with Crippen LogP contribution < -0.4 is 10.6 Å². The Morgan fingerprint density at radius 3 is 2.93 bits per heavy atom. The summed E-state index contributed by atoms with van der Waals surface area (Å²) in [4.78, 5) is 17.1. The normalized spacial score (nSPS) is 21.2. The molecule has 2 N–H and O–H groups in total. The predicted octanol–water partition coefficient (Wildman–Crippen LogP) is 1.45. The molecule has 82 valence electrons. The minimum absolute atomic E-state index is 0.0896. The van der Waals surface area contributed by atoms with Crippen molar-refractivity contribution in [2.45, 2.75) is 32.7 Å². The van der Waals surface area contributed by atoms with Gasteiger partial charge < -0.3 is 10.6 Å². The van der Waals surface area contributed by atoms with E-state index < -0.39 is 0 Å². The van der Waals surface area contributed by atoms with Gasteiger partial charge in [-0.05, 0) is 26.7 Å². The number of carbonyl (C=O) groups is 1. The van der Waals surface area contributed by atoms with E-state index in [9.17, 15) is 4.79 Å². The smallest absolute Gasteiger partial charge is 0.242 e. The van der Waals surface area contributed by atoms with E-state index in [1.54, 1.807) is 11.3 Å². The Labute approximate surface area is 93.1 Å². The van der Waals surface area contributed by atoms with E-state index in [0.717, 1.165) is 30.2 Å². The summed E-state index contributed by atoms with van der Waals surface area (Å²) in [5.74, 6) is 0.0896. The van der Waals surface area contributed by atoms with Crippen molar-refractivity contribution in [1.82, 2.24) is 10.3 Å². The van der Waals surface area contributed by atoms with Crippen molar-refractivity contribution in [2.75, 3.05) is 11.9 Å². The molecule has 1 aliphatic rings. The van der Waals surface area contributed by atoms with Crippen molar-refractivity contribution in [3.63, 3.8) is 0 Å². The summed E-state index contributed by atoms with van der Waals surface area (Å²) >= 11 is 1.61. The van der Waals surface area contributed by atoms with Gasteiger partial charge in [0.1, 0.15) is 6.04 Å². The van der Waals surface area contributed by atoms with E-state index in [0.29, 0.717) is 0 Å². The number of aromatic nitrogens is 1. The standard InChI is InChI=1S/C10H15N3OS/c1-6-7(2)15-10(12-6)13-8-4-3-5-11-9(8)14/h8H,3-5H2,1-2H3,(H,11,14)(H,12,13). The molecule has 0 radical (unpaired) electrons. The van der Waals surface area contributed by atoms with Gasteiger partial charge in [-0.3, -0.25) is 4.79 Å². The molecule has 0 aromatic carbocycles. The molecule has 4 nitrogen and oxygen atoms in total. The Kier molecular flexibility index (Phi) is 2.90. The van der Waals surface area contributed by atoms with Crippen molar-refractivity contribution in [3.8, 4) is 0 Å². The van der Waals surface area contributed by atoms with E-state index >= 15 is 0 Å². The molecule has 1 aliphatic heterocycles. The minimum Gasteiger partial charge on any atom is -0.354 e. The number of piperidine rings is 1. The van der Waals surface area contributed by atoms with Gasteiger partial charge in [0, 0.05) is 11.4 Å². The van der Waals surface area contributed by atoms with Crippen LogP contribution in [0.5, 0.6) is 0 Å². The monoisotopic (exact) mass is 225 g/mol. The Balaban J connectivity index is 2.04. The first-order valence-corrected chi connectivity index (χ1v) is 5.97. The zero-order chi connectivity index (χ0) is 10.8. The highest BCUT2D eigenvalue weighted by atomic mass is 32.1. The van der Waals surface area contributed by atoms with Crippen molar-refractivity contribution in [1.29, 1.82) is 0 Å². The lowest BCUT2D eigenvalue weighted by atomic mass is 10.1. The number of rotatable bonds is 2. The van der Waals surface area contributed by atoms with Gasteiger partial charge in [-0.1, -0.05) is 0 Å². The van der Waals surface area contributed by atoms with Crippen LogP contribution in [-0.2, 0) is 4.79 Å². The molecule has 1 atom stereocenters. The third kappa shape index (κ3) is 2.28. The Hall–Kier alpha value is -1.10. The fourth-order valence-corrected chi connectivity index (χ4v) is 2.46. The summed E-state index contributed by atoms with van der Waals surface area (Å²) in [6.45, 7) is 4.82. The summed E-state index contributed by atoms with van der Waals surface area (Å²) in [6.07, 6.45) is 1.93. The molecule has 1 aromatic heterocycles. The second-order valence-electron chi connectivity index (χ2n) is 3.79. The molecule has 2 heterocycles. The highest BCUT2D eigenvalue weighted by molar-refractivity contribution is 7.15. The van der Waals surface area contributed by atoms with Crippen molar-refractivity contribution < 1.29 is 4.79 Å². The fourth-order valence-electron chi connectivity index (χ4n) is 1.59. The second-order valence-corrected chi connectivity index (χ2v) is 4.99. The largest absolute Gasteiger partial charge is 0.354 e. The zero-order valence-corrected chi connectivity index (χ0v) is 9.78. The van der Waals surface area contributed by atoms with Crippen LogP contribution in [0.4, 0.5) is 5.13 Å². The Bertz CT molecular complexity index is 355. The number of hydrogen-bond acceptors (Lipinski definition) is 4. The van der Waals surface area contributed by atoms with Crippen LogP contribution in [0.1, 0.15) is 23.4 Å². The number of hydrogen-bond donors (Lipinski definition) is 2. The number of anilines is 1. The van der Waals surface area contributed by atoms with E-state index in [1.165, 1.54) is 4.88 Å². The van der Waals surface area contributed by atoms with E-state index in [4.69, 9.17) is 0 Å². The lowest BCUT2D eigenvalue weighted by Crippen LogP contribution is -2.44. The first-order chi connectivity index (χ1) is 7.16. The maximum absolute atomic E-state index is 11.5. The molecule has 2 rings (SSSR count). The molecule has 0 saturated carbocycles. The summed E-state index contributed by atoms with van der Waals surface area (Å²) in [5, 5.41) is 6.89. The molecule has 0 aliphatic carbocycles. The van der Waals surface area contributed by atoms with Gasteiger partial charge in [0.2, 0.25) is 5.91 Å². The molecule has 15 heavy (non-hydrogen) atoms. The van der Waals surface area contributed by atoms with Crippen LogP contribution in [0.3, 0.4) is 0 Å². The average Bonchev–Trinajstić information content (AvgIpc) is 2.50. The predicted molar refractivity (Wildman–Crippen MR) is 61.2 cm³/mol. The molecule has 1 fully saturated rings. The van der Waals surface area contributed by atoms with Gasteiger partial charge in [0.15, 0.2) is 5.13 Å². The maximum atomic E-state index is 11.5. The number of nitrogens with one attached hydrogen (secondary N) is 2. The highest BCUT2D eigenvalue weighted by Crippen LogP contribution is 2.22.